The average Bonchev–Trinajstić information content (AvgIpc) is 2.92. The summed E-state index contributed by atoms with van der Waals surface area (Å²) in [5.41, 5.74) is -0.737. The number of anilines is 2. The molecule has 1 saturated heterocycles. The zero-order valence-electron chi connectivity index (χ0n) is 19.7. The van der Waals surface area contributed by atoms with Crippen LogP contribution in [0.3, 0.4) is 0 Å². The van der Waals surface area contributed by atoms with Crippen LogP contribution >= 0.6 is 0 Å². The molecule has 0 radical (unpaired) electrons. The summed E-state index contributed by atoms with van der Waals surface area (Å²) >= 11 is 0. The summed E-state index contributed by atoms with van der Waals surface area (Å²) in [6, 6.07) is 3.21. The van der Waals surface area contributed by atoms with Crippen LogP contribution in [0.1, 0.15) is 40.0 Å². The first-order valence-corrected chi connectivity index (χ1v) is 11.2. The van der Waals surface area contributed by atoms with E-state index in [4.69, 9.17) is 9.47 Å². The van der Waals surface area contributed by atoms with Gasteiger partial charge in [-0.05, 0) is 45.7 Å². The van der Waals surface area contributed by atoms with Gasteiger partial charge in [0.1, 0.15) is 11.6 Å². The number of carbonyl (C=O) groups excluding carboxylic acids is 4. The van der Waals surface area contributed by atoms with Crippen molar-refractivity contribution in [2.24, 2.45) is 5.92 Å². The molecule has 9 nitrogen and oxygen atoms in total. The highest BCUT2D eigenvalue weighted by atomic mass is 19.4. The van der Waals surface area contributed by atoms with Gasteiger partial charge >= 0.3 is 18.2 Å². The maximum Gasteiger partial charge on any atom is 0.410 e. The summed E-state index contributed by atoms with van der Waals surface area (Å²) < 4.78 is 51.7. The summed E-state index contributed by atoms with van der Waals surface area (Å²) in [6.45, 7) is 4.79. The van der Waals surface area contributed by atoms with Gasteiger partial charge in [0.2, 0.25) is 5.91 Å². The second-order valence-corrected chi connectivity index (χ2v) is 9.44. The summed E-state index contributed by atoms with van der Waals surface area (Å²) in [4.78, 5) is 51.5. The average molecular weight is 499 g/mol. The van der Waals surface area contributed by atoms with Gasteiger partial charge in [-0.2, -0.15) is 13.2 Å². The number of piperidine rings is 1. The Bertz CT molecular complexity index is 983. The first-order chi connectivity index (χ1) is 16.3. The highest BCUT2D eigenvalue weighted by Crippen LogP contribution is 2.37. The molecule has 3 amide bonds. The fraction of sp³-hybridized carbons (Fsp3) is 0.565. The highest BCUT2D eigenvalue weighted by molar-refractivity contribution is 6.05. The van der Waals surface area contributed by atoms with Crippen LogP contribution in [0.4, 0.5) is 29.3 Å². The van der Waals surface area contributed by atoms with E-state index in [1.165, 1.54) is 29.2 Å². The molecule has 0 aliphatic carbocycles. The van der Waals surface area contributed by atoms with Crippen molar-refractivity contribution in [1.82, 2.24) is 4.90 Å². The number of nitrogens with zero attached hydrogens (tertiary/aromatic N) is 2. The number of para-hydroxylation sites is 2. The van der Waals surface area contributed by atoms with E-state index in [0.717, 1.165) is 0 Å². The van der Waals surface area contributed by atoms with Crippen molar-refractivity contribution in [3.05, 3.63) is 24.3 Å². The molecule has 0 saturated carbocycles. The molecule has 192 valence electrons. The molecular weight excluding hydrogens is 471 g/mol. The van der Waals surface area contributed by atoms with Crippen molar-refractivity contribution in [2.75, 3.05) is 29.9 Å². The molecule has 12 heteroatoms. The molecule has 1 aromatic rings. The molecular formula is C23H28F3N3O6. The standard InChI is InChI=1S/C23H28F3N3O6/c1-22(2,3)35-21(33)28-10-8-14(9-11-28)20(32)34-13-19(31)29-16-7-5-4-6-15(16)27-18(30)12-17(29)23(24,25)26/h4-7,14,17H,8-13H2,1-3H3,(H,27,30). The Labute approximate surface area is 200 Å². The fourth-order valence-corrected chi connectivity index (χ4v) is 3.94. The van der Waals surface area contributed by atoms with E-state index >= 15 is 0 Å². The van der Waals surface area contributed by atoms with Gasteiger partial charge in [0, 0.05) is 13.1 Å². The number of fused-ring (bicyclic) bond motifs is 1. The van der Waals surface area contributed by atoms with E-state index in [9.17, 15) is 32.3 Å². The maximum atomic E-state index is 13.8. The minimum Gasteiger partial charge on any atom is -0.455 e. The van der Waals surface area contributed by atoms with Crippen LogP contribution in [0.2, 0.25) is 0 Å². The smallest absolute Gasteiger partial charge is 0.410 e. The lowest BCUT2D eigenvalue weighted by atomic mass is 9.97. The SMILES string of the molecule is CC(C)(C)OC(=O)N1CCC(C(=O)OCC(=O)N2c3ccccc3NC(=O)CC2C(F)(F)F)CC1. The minimum absolute atomic E-state index is 0.0541. The van der Waals surface area contributed by atoms with Gasteiger partial charge in [0.15, 0.2) is 6.61 Å². The number of amides is 3. The molecule has 0 bridgehead atoms. The van der Waals surface area contributed by atoms with E-state index in [1.54, 1.807) is 20.8 Å². The molecule has 1 atom stereocenters. The van der Waals surface area contributed by atoms with Crippen molar-refractivity contribution >= 4 is 35.3 Å². The Hall–Kier alpha value is -3.31. The number of likely N-dealkylation sites (tertiary alicyclic amines) is 1. The molecule has 1 N–H and O–H groups in total. The Balaban J connectivity index is 1.64. The van der Waals surface area contributed by atoms with Gasteiger partial charge in [-0.15, -0.1) is 0 Å². The van der Waals surface area contributed by atoms with Crippen LogP contribution in [-0.2, 0) is 23.9 Å². The molecule has 1 unspecified atom stereocenters. The molecule has 1 aromatic carbocycles. The van der Waals surface area contributed by atoms with Gasteiger partial charge in [0.25, 0.3) is 5.91 Å². The largest absolute Gasteiger partial charge is 0.455 e. The van der Waals surface area contributed by atoms with Crippen LogP contribution in [0, 0.1) is 5.92 Å². The molecule has 0 spiro atoms. The van der Waals surface area contributed by atoms with Gasteiger partial charge in [-0.3, -0.25) is 19.3 Å². The molecule has 2 aliphatic rings. The number of nitrogens with one attached hydrogen (secondary N) is 1. The van der Waals surface area contributed by atoms with E-state index in [1.807, 2.05) is 0 Å². The van der Waals surface area contributed by atoms with E-state index in [2.05, 4.69) is 5.32 Å². The fourth-order valence-electron chi connectivity index (χ4n) is 3.94. The van der Waals surface area contributed by atoms with Crippen LogP contribution < -0.4 is 10.2 Å². The third-order valence-electron chi connectivity index (χ3n) is 5.59. The van der Waals surface area contributed by atoms with E-state index < -0.39 is 60.6 Å². The summed E-state index contributed by atoms with van der Waals surface area (Å²) in [6.07, 6.45) is -5.84. The second-order valence-electron chi connectivity index (χ2n) is 9.44. The van der Waals surface area contributed by atoms with Crippen LogP contribution in [0.25, 0.3) is 0 Å². The lowest BCUT2D eigenvalue weighted by molar-refractivity contribution is -0.161. The molecule has 2 aliphatic heterocycles. The zero-order valence-corrected chi connectivity index (χ0v) is 19.7. The number of benzene rings is 1. The summed E-state index contributed by atoms with van der Waals surface area (Å²) in [5, 5.41) is 2.37. The molecule has 0 aromatic heterocycles. The van der Waals surface area contributed by atoms with Gasteiger partial charge in [-0.25, -0.2) is 4.79 Å². The second kappa shape index (κ2) is 10.1. The summed E-state index contributed by atoms with van der Waals surface area (Å²) in [5.74, 6) is -3.33. The first kappa shape index (κ1) is 26.3. The lowest BCUT2D eigenvalue weighted by Gasteiger charge is -2.33. The highest BCUT2D eigenvalue weighted by Gasteiger charge is 2.49. The monoisotopic (exact) mass is 499 g/mol. The Morgan fingerprint density at radius 1 is 1.09 bits per heavy atom. The lowest BCUT2D eigenvalue weighted by Crippen LogP contribution is -2.51. The number of halogens is 3. The number of ether oxygens (including phenoxy) is 2. The molecule has 3 rings (SSSR count). The number of alkyl halides is 3. The predicted molar refractivity (Wildman–Crippen MR) is 119 cm³/mol. The van der Waals surface area contributed by atoms with Gasteiger partial charge < -0.3 is 19.7 Å². The van der Waals surface area contributed by atoms with Crippen molar-refractivity contribution in [3.63, 3.8) is 0 Å². The number of hydrogen-bond acceptors (Lipinski definition) is 6. The van der Waals surface area contributed by atoms with Crippen molar-refractivity contribution in [3.8, 4) is 0 Å². The van der Waals surface area contributed by atoms with Gasteiger partial charge in [0.05, 0.1) is 23.7 Å². The molecule has 1 fully saturated rings. The van der Waals surface area contributed by atoms with E-state index in [0.29, 0.717) is 4.90 Å². The third-order valence-corrected chi connectivity index (χ3v) is 5.59. The predicted octanol–water partition coefficient (Wildman–Crippen LogP) is 3.48. The van der Waals surface area contributed by atoms with Gasteiger partial charge in [-0.1, -0.05) is 12.1 Å². The Kier molecular flexibility index (Phi) is 7.61. The maximum absolute atomic E-state index is 13.8. The normalized spacial score (nSPS) is 19.4. The number of rotatable bonds is 3. The molecule has 2 heterocycles. The quantitative estimate of drug-likeness (QED) is 0.639. The van der Waals surface area contributed by atoms with Crippen LogP contribution in [0.5, 0.6) is 0 Å². The Morgan fingerprint density at radius 3 is 2.31 bits per heavy atom. The van der Waals surface area contributed by atoms with E-state index in [-0.39, 0.29) is 37.3 Å². The van der Waals surface area contributed by atoms with Crippen molar-refractivity contribution < 1.29 is 41.8 Å². The summed E-state index contributed by atoms with van der Waals surface area (Å²) in [7, 11) is 0. The number of carbonyl (C=O) groups is 4. The van der Waals surface area contributed by atoms with Crippen LogP contribution in [-0.4, -0.2) is 66.3 Å². The van der Waals surface area contributed by atoms with Crippen molar-refractivity contribution in [2.45, 2.75) is 57.9 Å². The minimum atomic E-state index is -4.89. The van der Waals surface area contributed by atoms with Crippen molar-refractivity contribution in [1.29, 1.82) is 0 Å². The van der Waals surface area contributed by atoms with Crippen LogP contribution in [0.15, 0.2) is 24.3 Å². The molecule has 35 heavy (non-hydrogen) atoms. The Morgan fingerprint density at radius 2 is 1.71 bits per heavy atom. The topological polar surface area (TPSA) is 105 Å². The third kappa shape index (κ3) is 6.64. The number of esters is 1. The zero-order chi connectivity index (χ0) is 26.0. The number of hydrogen-bond donors (Lipinski definition) is 1. The first-order valence-electron chi connectivity index (χ1n) is 11.2.